The average molecular weight is 268 g/mol. The fraction of sp³-hybridized carbons (Fsp3) is 0.385. The zero-order chi connectivity index (χ0) is 14.6. The van der Waals surface area contributed by atoms with E-state index in [1.807, 2.05) is 0 Å². The molecule has 1 unspecified atom stereocenters. The normalized spacial score (nSPS) is 11.8. The van der Waals surface area contributed by atoms with Gasteiger partial charge in [-0.2, -0.15) is 0 Å². The van der Waals surface area contributed by atoms with Crippen molar-refractivity contribution in [1.82, 2.24) is 4.90 Å². The number of anilines is 1. The molecule has 0 spiro atoms. The molecular formula is C13H17FN2O3. The lowest BCUT2D eigenvalue weighted by Crippen LogP contribution is -2.36. The van der Waals surface area contributed by atoms with Crippen molar-refractivity contribution >= 4 is 17.7 Å². The number of aliphatic carboxylic acids is 1. The lowest BCUT2D eigenvalue weighted by atomic mass is 10.2. The van der Waals surface area contributed by atoms with E-state index in [-0.39, 0.29) is 12.4 Å². The minimum atomic E-state index is -0.961. The topological polar surface area (TPSA) is 69.6 Å². The van der Waals surface area contributed by atoms with Crippen LogP contribution in [0.5, 0.6) is 0 Å². The van der Waals surface area contributed by atoms with Gasteiger partial charge in [-0.25, -0.2) is 9.18 Å². The number of halogens is 1. The maximum absolute atomic E-state index is 13.1. The molecule has 104 valence electrons. The Hall–Kier alpha value is -2.11. The van der Waals surface area contributed by atoms with Crippen molar-refractivity contribution in [3.8, 4) is 0 Å². The zero-order valence-electron chi connectivity index (χ0n) is 11.1. The summed E-state index contributed by atoms with van der Waals surface area (Å²) < 4.78 is 13.1. The number of nitrogens with one attached hydrogen (secondary N) is 1. The van der Waals surface area contributed by atoms with E-state index in [0.29, 0.717) is 11.3 Å². The molecule has 0 heterocycles. The number of carbonyl (C=O) groups excluding carboxylic acids is 1. The number of aryl methyl sites for hydroxylation is 1. The number of carboxylic acids is 1. The van der Waals surface area contributed by atoms with Gasteiger partial charge in [0.1, 0.15) is 5.82 Å². The largest absolute Gasteiger partial charge is 0.481 e. The van der Waals surface area contributed by atoms with E-state index in [9.17, 15) is 14.0 Å². The average Bonchev–Trinajstić information content (AvgIpc) is 2.33. The van der Waals surface area contributed by atoms with Crippen LogP contribution in [0.25, 0.3) is 0 Å². The van der Waals surface area contributed by atoms with Gasteiger partial charge < -0.3 is 15.3 Å². The van der Waals surface area contributed by atoms with Crippen LogP contribution < -0.4 is 5.32 Å². The molecule has 0 aliphatic heterocycles. The molecule has 1 rings (SSSR count). The summed E-state index contributed by atoms with van der Waals surface area (Å²) in [6.07, 6.45) is 0. The maximum Gasteiger partial charge on any atom is 0.321 e. The van der Waals surface area contributed by atoms with E-state index in [2.05, 4.69) is 5.32 Å². The molecule has 1 aromatic rings. The molecule has 0 saturated heterocycles. The third-order valence-electron chi connectivity index (χ3n) is 2.73. The van der Waals surface area contributed by atoms with E-state index < -0.39 is 17.9 Å². The standard InChI is InChI=1S/C13H17FN2O3/c1-8-6-10(4-5-11(8)14)15-13(19)16(3)7-9(2)12(17)18/h4-6,9H,7H2,1-3H3,(H,15,19)(H,17,18). The van der Waals surface area contributed by atoms with Gasteiger partial charge in [-0.3, -0.25) is 4.79 Å². The first-order valence-electron chi connectivity index (χ1n) is 5.82. The number of benzene rings is 1. The first-order chi connectivity index (χ1) is 8.81. The number of rotatable bonds is 4. The van der Waals surface area contributed by atoms with Gasteiger partial charge in [-0.1, -0.05) is 6.92 Å². The molecular weight excluding hydrogens is 251 g/mol. The van der Waals surface area contributed by atoms with Crippen molar-refractivity contribution < 1.29 is 19.1 Å². The van der Waals surface area contributed by atoms with Gasteiger partial charge in [-0.15, -0.1) is 0 Å². The fourth-order valence-electron chi connectivity index (χ4n) is 1.51. The molecule has 1 aromatic carbocycles. The van der Waals surface area contributed by atoms with E-state index in [1.165, 1.54) is 37.1 Å². The van der Waals surface area contributed by atoms with Crippen LogP contribution in [0.15, 0.2) is 18.2 Å². The molecule has 0 aromatic heterocycles. The summed E-state index contributed by atoms with van der Waals surface area (Å²) in [5, 5.41) is 11.4. The lowest BCUT2D eigenvalue weighted by Gasteiger charge is -2.20. The minimum Gasteiger partial charge on any atom is -0.481 e. The Kier molecular flexibility index (Phi) is 4.86. The number of hydrogen-bond donors (Lipinski definition) is 2. The molecule has 0 saturated carbocycles. The SMILES string of the molecule is Cc1cc(NC(=O)N(C)CC(C)C(=O)O)ccc1F. The lowest BCUT2D eigenvalue weighted by molar-refractivity contribution is -0.141. The van der Waals surface area contributed by atoms with Crippen LogP contribution in [-0.4, -0.2) is 35.6 Å². The third-order valence-corrected chi connectivity index (χ3v) is 2.73. The summed E-state index contributed by atoms with van der Waals surface area (Å²) in [4.78, 5) is 23.8. The van der Waals surface area contributed by atoms with Crippen molar-refractivity contribution in [3.63, 3.8) is 0 Å². The predicted octanol–water partition coefficient (Wildman–Crippen LogP) is 2.32. The second-order valence-corrected chi connectivity index (χ2v) is 4.51. The van der Waals surface area contributed by atoms with E-state index in [4.69, 9.17) is 5.11 Å². The Morgan fingerprint density at radius 2 is 2.11 bits per heavy atom. The molecule has 1 atom stereocenters. The highest BCUT2D eigenvalue weighted by Crippen LogP contribution is 2.14. The Morgan fingerprint density at radius 1 is 1.47 bits per heavy atom. The fourth-order valence-corrected chi connectivity index (χ4v) is 1.51. The maximum atomic E-state index is 13.1. The van der Waals surface area contributed by atoms with Crippen LogP contribution in [0.4, 0.5) is 14.9 Å². The number of carbonyl (C=O) groups is 2. The monoisotopic (exact) mass is 268 g/mol. The van der Waals surface area contributed by atoms with Crippen LogP contribution in [-0.2, 0) is 4.79 Å². The van der Waals surface area contributed by atoms with Gasteiger partial charge in [0, 0.05) is 19.3 Å². The highest BCUT2D eigenvalue weighted by Gasteiger charge is 2.17. The molecule has 0 bridgehead atoms. The Labute approximate surface area is 111 Å². The summed E-state index contributed by atoms with van der Waals surface area (Å²) in [5.41, 5.74) is 0.901. The molecule has 5 nitrogen and oxygen atoms in total. The second kappa shape index (κ2) is 6.17. The quantitative estimate of drug-likeness (QED) is 0.880. The van der Waals surface area contributed by atoms with Crippen LogP contribution in [0.3, 0.4) is 0 Å². The highest BCUT2D eigenvalue weighted by atomic mass is 19.1. The van der Waals surface area contributed by atoms with Gasteiger partial charge >= 0.3 is 12.0 Å². The molecule has 0 aliphatic rings. The molecule has 0 radical (unpaired) electrons. The number of carboxylic acid groups (broad SMARTS) is 1. The summed E-state index contributed by atoms with van der Waals surface area (Å²) in [6, 6.07) is 3.81. The molecule has 19 heavy (non-hydrogen) atoms. The van der Waals surface area contributed by atoms with E-state index in [1.54, 1.807) is 6.92 Å². The van der Waals surface area contributed by atoms with Crippen LogP contribution >= 0.6 is 0 Å². The van der Waals surface area contributed by atoms with Gasteiger partial charge in [0.15, 0.2) is 0 Å². The number of amides is 2. The third kappa shape index (κ3) is 4.24. The number of urea groups is 1. The Bertz CT molecular complexity index is 491. The van der Waals surface area contributed by atoms with Crippen molar-refractivity contribution in [1.29, 1.82) is 0 Å². The van der Waals surface area contributed by atoms with Crippen molar-refractivity contribution in [2.45, 2.75) is 13.8 Å². The highest BCUT2D eigenvalue weighted by molar-refractivity contribution is 5.89. The molecule has 0 fully saturated rings. The molecule has 0 aliphatic carbocycles. The van der Waals surface area contributed by atoms with Crippen molar-refractivity contribution in [2.24, 2.45) is 5.92 Å². The van der Waals surface area contributed by atoms with Crippen molar-refractivity contribution in [3.05, 3.63) is 29.6 Å². The van der Waals surface area contributed by atoms with Gasteiger partial charge in [-0.05, 0) is 30.7 Å². The minimum absolute atomic E-state index is 0.0986. The molecule has 2 amide bonds. The summed E-state index contributed by atoms with van der Waals surface area (Å²) >= 11 is 0. The first kappa shape index (κ1) is 14.9. The predicted molar refractivity (Wildman–Crippen MR) is 69.6 cm³/mol. The van der Waals surface area contributed by atoms with Gasteiger partial charge in [0.2, 0.25) is 0 Å². The Balaban J connectivity index is 2.63. The summed E-state index contributed by atoms with van der Waals surface area (Å²) in [7, 11) is 1.51. The Morgan fingerprint density at radius 3 is 2.63 bits per heavy atom. The molecule has 6 heteroatoms. The van der Waals surface area contributed by atoms with E-state index >= 15 is 0 Å². The van der Waals surface area contributed by atoms with Crippen LogP contribution in [0.1, 0.15) is 12.5 Å². The smallest absolute Gasteiger partial charge is 0.321 e. The summed E-state index contributed by atoms with van der Waals surface area (Å²) in [5.74, 6) is -1.95. The van der Waals surface area contributed by atoms with Gasteiger partial charge in [0.25, 0.3) is 0 Å². The number of hydrogen-bond acceptors (Lipinski definition) is 2. The summed E-state index contributed by atoms with van der Waals surface area (Å²) in [6.45, 7) is 3.22. The first-order valence-corrected chi connectivity index (χ1v) is 5.82. The van der Waals surface area contributed by atoms with Crippen LogP contribution in [0, 0.1) is 18.7 Å². The van der Waals surface area contributed by atoms with Gasteiger partial charge in [0.05, 0.1) is 5.92 Å². The zero-order valence-corrected chi connectivity index (χ0v) is 11.1. The van der Waals surface area contributed by atoms with E-state index in [0.717, 1.165) is 0 Å². The van der Waals surface area contributed by atoms with Crippen LogP contribution in [0.2, 0.25) is 0 Å². The number of nitrogens with zero attached hydrogens (tertiary/aromatic N) is 1. The van der Waals surface area contributed by atoms with Crippen molar-refractivity contribution in [2.75, 3.05) is 18.9 Å². The second-order valence-electron chi connectivity index (χ2n) is 4.51. The molecule has 2 N–H and O–H groups in total.